The molecule has 8 heteroatoms. The molecular weight excluding hydrogens is 394 g/mol. The van der Waals surface area contributed by atoms with E-state index in [0.29, 0.717) is 23.0 Å². The van der Waals surface area contributed by atoms with E-state index in [1.807, 2.05) is 26.0 Å². The Morgan fingerprint density at radius 3 is 2.62 bits per heavy atom. The minimum atomic E-state index is -0.741. The topological polar surface area (TPSA) is 95.7 Å². The lowest BCUT2D eigenvalue weighted by Gasteiger charge is -2.28. The van der Waals surface area contributed by atoms with Gasteiger partial charge in [-0.15, -0.1) is 0 Å². The summed E-state index contributed by atoms with van der Waals surface area (Å²) in [5, 5.41) is 17.5. The van der Waals surface area contributed by atoms with Crippen molar-refractivity contribution in [3.63, 3.8) is 0 Å². The van der Waals surface area contributed by atoms with Gasteiger partial charge < -0.3 is 19.8 Å². The van der Waals surface area contributed by atoms with Gasteiger partial charge in [0.25, 0.3) is 0 Å². The van der Waals surface area contributed by atoms with E-state index in [9.17, 15) is 14.7 Å². The first-order valence-corrected chi connectivity index (χ1v) is 10.1. The highest BCUT2D eigenvalue weighted by molar-refractivity contribution is 6.30. The number of carbonyl (C=O) groups is 2. The van der Waals surface area contributed by atoms with Crippen molar-refractivity contribution in [3.05, 3.63) is 52.4 Å². The summed E-state index contributed by atoms with van der Waals surface area (Å²) in [7, 11) is 0. The highest BCUT2D eigenvalue weighted by Gasteiger charge is 2.43. The number of nitrogens with zero attached hydrogens (tertiary/aromatic N) is 2. The van der Waals surface area contributed by atoms with Crippen molar-refractivity contribution in [3.8, 4) is 0 Å². The fraction of sp³-hybridized carbons (Fsp3) is 0.476. The second kappa shape index (κ2) is 8.97. The Balaban J connectivity index is 1.73. The Kier molecular flexibility index (Phi) is 6.59. The Morgan fingerprint density at radius 1 is 1.34 bits per heavy atom. The number of carbonyl (C=O) groups excluding carboxylic acids is 2. The molecular formula is C21H26ClN3O4. The van der Waals surface area contributed by atoms with Crippen LogP contribution in [0, 0.1) is 12.8 Å². The third kappa shape index (κ3) is 4.97. The molecule has 1 fully saturated rings. The normalized spacial score (nSPS) is 20.1. The molecule has 1 saturated heterocycles. The van der Waals surface area contributed by atoms with E-state index in [0.717, 1.165) is 5.56 Å². The van der Waals surface area contributed by atoms with Gasteiger partial charge in [0, 0.05) is 30.6 Å². The molecule has 3 unspecified atom stereocenters. The maximum atomic E-state index is 13.3. The zero-order valence-electron chi connectivity index (χ0n) is 16.8. The maximum Gasteiger partial charge on any atom is 0.243 e. The smallest absolute Gasteiger partial charge is 0.243 e. The third-order valence-corrected chi connectivity index (χ3v) is 5.38. The molecule has 3 atom stereocenters. The zero-order valence-corrected chi connectivity index (χ0v) is 17.5. The predicted octanol–water partition coefficient (Wildman–Crippen LogP) is 2.65. The summed E-state index contributed by atoms with van der Waals surface area (Å²) in [4.78, 5) is 27.6. The van der Waals surface area contributed by atoms with Crippen LogP contribution in [-0.2, 0) is 16.1 Å². The average Bonchev–Trinajstić information content (AvgIpc) is 3.26. The van der Waals surface area contributed by atoms with E-state index in [-0.39, 0.29) is 30.7 Å². The Morgan fingerprint density at radius 2 is 2.03 bits per heavy atom. The van der Waals surface area contributed by atoms with Gasteiger partial charge in [-0.25, -0.2) is 0 Å². The number of aliphatic hydroxyl groups excluding tert-OH is 1. The van der Waals surface area contributed by atoms with Gasteiger partial charge in [0.2, 0.25) is 11.8 Å². The molecule has 0 bridgehead atoms. The highest BCUT2D eigenvalue weighted by Crippen LogP contribution is 2.31. The number of aryl methyl sites for hydroxylation is 1. The number of aliphatic hydroxyl groups is 1. The largest absolute Gasteiger partial charge is 0.391 e. The molecule has 3 rings (SSSR count). The number of amides is 2. The second-order valence-electron chi connectivity index (χ2n) is 7.83. The van der Waals surface area contributed by atoms with Crippen molar-refractivity contribution in [2.24, 2.45) is 5.92 Å². The molecule has 29 heavy (non-hydrogen) atoms. The summed E-state index contributed by atoms with van der Waals surface area (Å²) in [5.74, 6) is -0.664. The van der Waals surface area contributed by atoms with E-state index < -0.39 is 18.1 Å². The van der Waals surface area contributed by atoms with Crippen LogP contribution in [0.15, 0.2) is 34.9 Å². The Hall–Kier alpha value is -2.38. The second-order valence-corrected chi connectivity index (χ2v) is 8.27. The number of hydrogen-bond donors (Lipinski definition) is 2. The number of benzene rings is 1. The quantitative estimate of drug-likeness (QED) is 0.750. The van der Waals surface area contributed by atoms with Crippen molar-refractivity contribution < 1.29 is 19.2 Å². The fourth-order valence-corrected chi connectivity index (χ4v) is 3.79. The van der Waals surface area contributed by atoms with Crippen LogP contribution in [0.3, 0.4) is 0 Å². The van der Waals surface area contributed by atoms with Crippen LogP contribution >= 0.6 is 11.6 Å². The zero-order chi connectivity index (χ0) is 21.1. The lowest BCUT2D eigenvalue weighted by molar-refractivity contribution is -0.141. The molecule has 1 aliphatic rings. The van der Waals surface area contributed by atoms with Crippen LogP contribution in [0.2, 0.25) is 5.02 Å². The first-order valence-electron chi connectivity index (χ1n) is 9.70. The van der Waals surface area contributed by atoms with Gasteiger partial charge in [-0.05, 0) is 30.5 Å². The predicted molar refractivity (Wildman–Crippen MR) is 108 cm³/mol. The van der Waals surface area contributed by atoms with Crippen LogP contribution in [-0.4, -0.2) is 45.7 Å². The van der Waals surface area contributed by atoms with E-state index >= 15 is 0 Å². The number of likely N-dealkylation sites (tertiary alicyclic amines) is 1. The van der Waals surface area contributed by atoms with Crippen LogP contribution < -0.4 is 5.32 Å². The van der Waals surface area contributed by atoms with Gasteiger partial charge in [-0.3, -0.25) is 9.59 Å². The number of nitrogens with one attached hydrogen (secondary N) is 1. The monoisotopic (exact) mass is 419 g/mol. The lowest BCUT2D eigenvalue weighted by Crippen LogP contribution is -2.48. The fourth-order valence-electron chi connectivity index (χ4n) is 3.66. The van der Waals surface area contributed by atoms with Crippen LogP contribution in [0.4, 0.5) is 0 Å². The lowest BCUT2D eigenvalue weighted by atomic mass is 9.91. The third-order valence-electron chi connectivity index (χ3n) is 5.13. The maximum absolute atomic E-state index is 13.3. The number of halogens is 1. The highest BCUT2D eigenvalue weighted by atomic mass is 35.5. The summed E-state index contributed by atoms with van der Waals surface area (Å²) < 4.78 is 5.33. The molecule has 1 aromatic heterocycles. The molecule has 156 valence electrons. The molecule has 2 heterocycles. The SMILES string of the molecule is Cc1cc(C(C(=O)N2CC(O)CC2C(=O)NCc2ccc(Cl)cc2)C(C)C)on1. The van der Waals surface area contributed by atoms with E-state index in [4.69, 9.17) is 16.1 Å². The first kappa shape index (κ1) is 21.3. The molecule has 2 aromatic rings. The molecule has 2 amide bonds. The van der Waals surface area contributed by atoms with Gasteiger partial charge in [-0.1, -0.05) is 42.7 Å². The van der Waals surface area contributed by atoms with Crippen molar-refractivity contribution in [1.82, 2.24) is 15.4 Å². The molecule has 0 radical (unpaired) electrons. The summed E-state index contributed by atoms with van der Waals surface area (Å²) >= 11 is 5.88. The summed E-state index contributed by atoms with van der Waals surface area (Å²) in [6.45, 7) is 6.07. The minimum absolute atomic E-state index is 0.0506. The molecule has 2 N–H and O–H groups in total. The van der Waals surface area contributed by atoms with Gasteiger partial charge >= 0.3 is 0 Å². The summed E-state index contributed by atoms with van der Waals surface area (Å²) in [6, 6.07) is 8.18. The summed E-state index contributed by atoms with van der Waals surface area (Å²) in [6.07, 6.45) is -0.534. The molecule has 1 aliphatic heterocycles. The van der Waals surface area contributed by atoms with Gasteiger partial charge in [-0.2, -0.15) is 0 Å². The van der Waals surface area contributed by atoms with Crippen LogP contribution in [0.1, 0.15) is 43.2 Å². The van der Waals surface area contributed by atoms with E-state index in [1.54, 1.807) is 25.1 Å². The average molecular weight is 420 g/mol. The van der Waals surface area contributed by atoms with Crippen LogP contribution in [0.5, 0.6) is 0 Å². The van der Waals surface area contributed by atoms with Crippen molar-refractivity contribution in [2.45, 2.75) is 51.8 Å². The number of rotatable bonds is 6. The van der Waals surface area contributed by atoms with E-state index in [1.165, 1.54) is 4.90 Å². The Bertz CT molecular complexity index is 865. The number of hydrogen-bond acceptors (Lipinski definition) is 5. The van der Waals surface area contributed by atoms with Crippen molar-refractivity contribution in [2.75, 3.05) is 6.54 Å². The minimum Gasteiger partial charge on any atom is -0.391 e. The van der Waals surface area contributed by atoms with Gasteiger partial charge in [0.1, 0.15) is 17.7 Å². The van der Waals surface area contributed by atoms with Gasteiger partial charge in [0.05, 0.1) is 11.8 Å². The van der Waals surface area contributed by atoms with E-state index in [2.05, 4.69) is 10.5 Å². The molecule has 7 nitrogen and oxygen atoms in total. The number of β-amino-alcohol motifs (C(OH)–C–C–N with tert-alkyl or cyclic N) is 1. The van der Waals surface area contributed by atoms with Gasteiger partial charge in [0.15, 0.2) is 0 Å². The first-order chi connectivity index (χ1) is 13.8. The molecule has 0 aliphatic carbocycles. The Labute approximate surface area is 175 Å². The standard InChI is InChI=1S/C21H26ClN3O4/c1-12(2)19(18-8-13(3)24-29-18)21(28)25-11-16(26)9-17(25)20(27)23-10-14-4-6-15(22)7-5-14/h4-8,12,16-17,19,26H,9-11H2,1-3H3,(H,23,27). The molecule has 1 aromatic carbocycles. The number of aromatic nitrogens is 1. The molecule has 0 saturated carbocycles. The molecule has 0 spiro atoms. The van der Waals surface area contributed by atoms with Crippen LogP contribution in [0.25, 0.3) is 0 Å². The van der Waals surface area contributed by atoms with Crippen molar-refractivity contribution in [1.29, 1.82) is 0 Å². The summed E-state index contributed by atoms with van der Waals surface area (Å²) in [5.41, 5.74) is 1.59. The van der Waals surface area contributed by atoms with Crippen molar-refractivity contribution >= 4 is 23.4 Å².